The number of hydrogen-bond acceptors (Lipinski definition) is 1. The zero-order valence-corrected chi connectivity index (χ0v) is 6.18. The molecule has 2 nitrogen and oxygen atoms in total. The number of nitrogens with one attached hydrogen (secondary N) is 1. The molecule has 57 valence electrons. The van der Waals surface area contributed by atoms with Crippen molar-refractivity contribution < 1.29 is 5.11 Å². The van der Waals surface area contributed by atoms with Crippen LogP contribution in [-0.2, 0) is 5.11 Å². The van der Waals surface area contributed by atoms with E-state index < -0.39 is 0 Å². The van der Waals surface area contributed by atoms with Crippen LogP contribution in [0, 0.1) is 0 Å². The molecule has 2 bridgehead atoms. The Kier molecular flexibility index (Phi) is 1.66. The molecule has 1 N–H and O–H groups in total. The summed E-state index contributed by atoms with van der Waals surface area (Å²) in [7, 11) is 0. The maximum absolute atomic E-state index is 11.1. The summed E-state index contributed by atoms with van der Waals surface area (Å²) in [6.45, 7) is 0. The molecular formula is C8H14NO. The Morgan fingerprint density at radius 2 is 1.70 bits per heavy atom. The summed E-state index contributed by atoms with van der Waals surface area (Å²) in [6.07, 6.45) is 5.27. The van der Waals surface area contributed by atoms with Gasteiger partial charge in [0, 0.05) is 12.1 Å². The van der Waals surface area contributed by atoms with Gasteiger partial charge in [-0.15, -0.1) is 0 Å². The average molecular weight is 140 g/mol. The van der Waals surface area contributed by atoms with Crippen molar-refractivity contribution in [2.24, 2.45) is 0 Å². The van der Waals surface area contributed by atoms with Crippen LogP contribution >= 0.6 is 0 Å². The largest absolute Gasteiger partial charge is 0.311 e. The molecule has 2 heterocycles. The van der Waals surface area contributed by atoms with Gasteiger partial charge in [-0.05, 0) is 25.7 Å². The minimum absolute atomic E-state index is 0.267. The molecule has 2 rings (SSSR count). The fraction of sp³-hybridized carbons (Fsp3) is 1.00. The molecule has 0 aromatic rings. The fourth-order valence-corrected chi connectivity index (χ4v) is 2.21. The van der Waals surface area contributed by atoms with Gasteiger partial charge in [0.05, 0.1) is 6.10 Å². The van der Waals surface area contributed by atoms with Crippen LogP contribution in [0.25, 0.3) is 0 Å². The molecular weight excluding hydrogens is 126 g/mol. The minimum Gasteiger partial charge on any atom is -0.311 e. The summed E-state index contributed by atoms with van der Waals surface area (Å²) in [4.78, 5) is 0. The third-order valence-corrected chi connectivity index (χ3v) is 2.67. The average Bonchev–Trinajstić information content (AvgIpc) is 1.85. The first kappa shape index (κ1) is 6.62. The van der Waals surface area contributed by atoms with Gasteiger partial charge in [-0.1, -0.05) is 6.42 Å². The van der Waals surface area contributed by atoms with Crippen molar-refractivity contribution in [2.45, 2.75) is 50.3 Å². The number of hydrogen-bond donors (Lipinski definition) is 1. The highest BCUT2D eigenvalue weighted by Gasteiger charge is 2.30. The van der Waals surface area contributed by atoms with Crippen molar-refractivity contribution >= 4 is 0 Å². The Morgan fingerprint density at radius 3 is 2.30 bits per heavy atom. The summed E-state index contributed by atoms with van der Waals surface area (Å²) < 4.78 is 0. The first-order chi connectivity index (χ1) is 4.84. The maximum atomic E-state index is 11.1. The van der Waals surface area contributed by atoms with E-state index in [0.717, 1.165) is 12.8 Å². The third kappa shape index (κ3) is 1.18. The lowest BCUT2D eigenvalue weighted by atomic mass is 9.85. The first-order valence-corrected chi connectivity index (χ1v) is 4.26. The molecule has 0 aromatic carbocycles. The van der Waals surface area contributed by atoms with Gasteiger partial charge in [0.1, 0.15) is 0 Å². The zero-order valence-electron chi connectivity index (χ0n) is 6.18. The van der Waals surface area contributed by atoms with Crippen molar-refractivity contribution in [2.75, 3.05) is 0 Å². The Labute approximate surface area is 61.6 Å². The van der Waals surface area contributed by atoms with Crippen molar-refractivity contribution in [3.05, 3.63) is 0 Å². The van der Waals surface area contributed by atoms with Crippen molar-refractivity contribution in [3.8, 4) is 0 Å². The highest BCUT2D eigenvalue weighted by Crippen LogP contribution is 2.25. The zero-order chi connectivity index (χ0) is 6.97. The monoisotopic (exact) mass is 140 g/mol. The van der Waals surface area contributed by atoms with Crippen molar-refractivity contribution in [1.82, 2.24) is 5.32 Å². The smallest absolute Gasteiger partial charge is 0.0959 e. The van der Waals surface area contributed by atoms with E-state index >= 15 is 0 Å². The highest BCUT2D eigenvalue weighted by molar-refractivity contribution is 4.88. The quantitative estimate of drug-likeness (QED) is 0.536. The topological polar surface area (TPSA) is 31.9 Å². The summed E-state index contributed by atoms with van der Waals surface area (Å²) in [5, 5.41) is 14.6. The summed E-state index contributed by atoms with van der Waals surface area (Å²) >= 11 is 0. The van der Waals surface area contributed by atoms with E-state index in [9.17, 15) is 5.11 Å². The highest BCUT2D eigenvalue weighted by atomic mass is 16.3. The molecule has 0 spiro atoms. The maximum Gasteiger partial charge on any atom is 0.0959 e. The molecule has 10 heavy (non-hydrogen) atoms. The molecule has 2 aliphatic rings. The third-order valence-electron chi connectivity index (χ3n) is 2.67. The molecule has 0 amide bonds. The van der Waals surface area contributed by atoms with Gasteiger partial charge in [0.2, 0.25) is 0 Å². The Balaban J connectivity index is 1.98. The van der Waals surface area contributed by atoms with Gasteiger partial charge in [-0.3, -0.25) is 0 Å². The lowest BCUT2D eigenvalue weighted by Crippen LogP contribution is -2.49. The SMILES string of the molecule is [O]C1CC2CCCC(C1)N2. The van der Waals surface area contributed by atoms with Crippen molar-refractivity contribution in [1.29, 1.82) is 0 Å². The molecule has 2 heteroatoms. The second-order valence-corrected chi connectivity index (χ2v) is 3.58. The van der Waals surface area contributed by atoms with Crippen LogP contribution in [0.1, 0.15) is 32.1 Å². The number of piperidine rings is 2. The number of fused-ring (bicyclic) bond motifs is 2. The molecule has 0 aliphatic carbocycles. The fourth-order valence-electron chi connectivity index (χ4n) is 2.21. The second kappa shape index (κ2) is 2.51. The van der Waals surface area contributed by atoms with E-state index in [2.05, 4.69) is 5.32 Å². The van der Waals surface area contributed by atoms with E-state index in [4.69, 9.17) is 0 Å². The Morgan fingerprint density at radius 1 is 1.10 bits per heavy atom. The van der Waals surface area contributed by atoms with Gasteiger partial charge >= 0.3 is 0 Å². The normalized spacial score (nSPS) is 47.1. The van der Waals surface area contributed by atoms with Gasteiger partial charge in [0.15, 0.2) is 0 Å². The van der Waals surface area contributed by atoms with E-state index in [1.807, 2.05) is 0 Å². The Hall–Kier alpha value is -0.0800. The van der Waals surface area contributed by atoms with E-state index in [-0.39, 0.29) is 6.10 Å². The molecule has 0 saturated carbocycles. The lowest BCUT2D eigenvalue weighted by Gasteiger charge is -2.37. The molecule has 2 atom stereocenters. The van der Waals surface area contributed by atoms with Gasteiger partial charge < -0.3 is 5.32 Å². The number of rotatable bonds is 0. The van der Waals surface area contributed by atoms with Gasteiger partial charge in [0.25, 0.3) is 0 Å². The minimum atomic E-state index is -0.267. The van der Waals surface area contributed by atoms with Gasteiger partial charge in [-0.2, -0.15) is 0 Å². The predicted molar refractivity (Wildman–Crippen MR) is 38.3 cm³/mol. The molecule has 1 radical (unpaired) electrons. The van der Waals surface area contributed by atoms with Crippen LogP contribution < -0.4 is 5.32 Å². The molecule has 2 aliphatic heterocycles. The van der Waals surface area contributed by atoms with Crippen LogP contribution in [0.4, 0.5) is 0 Å². The predicted octanol–water partition coefficient (Wildman–Crippen LogP) is 1.09. The van der Waals surface area contributed by atoms with E-state index in [1.54, 1.807) is 0 Å². The summed E-state index contributed by atoms with van der Waals surface area (Å²) in [5.74, 6) is 0. The molecule has 2 saturated heterocycles. The van der Waals surface area contributed by atoms with Crippen LogP contribution in [0.15, 0.2) is 0 Å². The van der Waals surface area contributed by atoms with Crippen LogP contribution in [0.3, 0.4) is 0 Å². The lowest BCUT2D eigenvalue weighted by molar-refractivity contribution is 0.0194. The molecule has 2 unspecified atom stereocenters. The van der Waals surface area contributed by atoms with E-state index in [1.165, 1.54) is 19.3 Å². The van der Waals surface area contributed by atoms with Crippen molar-refractivity contribution in [3.63, 3.8) is 0 Å². The summed E-state index contributed by atoms with van der Waals surface area (Å²) in [5.41, 5.74) is 0. The van der Waals surface area contributed by atoms with Crippen LogP contribution in [0.2, 0.25) is 0 Å². The molecule has 2 fully saturated rings. The summed E-state index contributed by atoms with van der Waals surface area (Å²) in [6, 6.07) is 1.13. The van der Waals surface area contributed by atoms with Crippen LogP contribution in [-0.4, -0.2) is 18.2 Å². The first-order valence-electron chi connectivity index (χ1n) is 4.26. The standard InChI is InChI=1S/C8H14NO/c10-8-4-6-2-1-3-7(5-8)9-6/h6-9H,1-5H2. The van der Waals surface area contributed by atoms with E-state index in [0.29, 0.717) is 12.1 Å². The van der Waals surface area contributed by atoms with Gasteiger partial charge in [-0.25, -0.2) is 5.11 Å². The Bertz CT molecular complexity index is 110. The van der Waals surface area contributed by atoms with Crippen LogP contribution in [0.5, 0.6) is 0 Å². The second-order valence-electron chi connectivity index (χ2n) is 3.58. The molecule has 0 aromatic heterocycles.